The van der Waals surface area contributed by atoms with Crippen LogP contribution >= 0.6 is 0 Å². The molecule has 0 aromatic heterocycles. The lowest BCUT2D eigenvalue weighted by atomic mass is 10.1. The molecule has 0 saturated heterocycles. The molecule has 15 heavy (non-hydrogen) atoms. The smallest absolute Gasteiger partial charge is 0.308 e. The molecule has 3 nitrogen and oxygen atoms in total. The number of hydrogen-bond acceptors (Lipinski definition) is 3. The number of allylic oxidation sites excluding steroid dienone is 2. The molecule has 3 heteroatoms. The number of fused-ring (bicyclic) bond motifs is 1. The molecule has 0 amide bonds. The van der Waals surface area contributed by atoms with E-state index >= 15 is 0 Å². The summed E-state index contributed by atoms with van der Waals surface area (Å²) in [6.07, 6.45) is 4.95. The molecule has 0 bridgehead atoms. The molecule has 0 radical (unpaired) electrons. The molecule has 0 N–H and O–H groups in total. The Morgan fingerprint density at radius 1 is 1.33 bits per heavy atom. The highest BCUT2D eigenvalue weighted by molar-refractivity contribution is 5.78. The minimum Gasteiger partial charge on any atom is -0.464 e. The van der Waals surface area contributed by atoms with E-state index in [0.717, 1.165) is 5.56 Å². The third-order valence-electron chi connectivity index (χ3n) is 1.93. The summed E-state index contributed by atoms with van der Waals surface area (Å²) >= 11 is 0. The monoisotopic (exact) mass is 202 g/mol. The topological polar surface area (TPSA) is 35.5 Å². The zero-order valence-corrected chi connectivity index (χ0v) is 8.27. The number of carbonyl (C=O) groups excluding carboxylic acids is 1. The largest absolute Gasteiger partial charge is 0.464 e. The van der Waals surface area contributed by atoms with E-state index in [2.05, 4.69) is 0 Å². The SMILES string of the molecule is CC(=O)OC1=CC=COc2ccccc21. The summed E-state index contributed by atoms with van der Waals surface area (Å²) in [5.74, 6) is 0.844. The van der Waals surface area contributed by atoms with Crippen LogP contribution in [-0.4, -0.2) is 5.97 Å². The second-order valence-electron chi connectivity index (χ2n) is 3.07. The second-order valence-corrected chi connectivity index (χ2v) is 3.07. The van der Waals surface area contributed by atoms with Crippen molar-refractivity contribution in [3.05, 3.63) is 48.2 Å². The molecular formula is C12H10O3. The van der Waals surface area contributed by atoms with Crippen molar-refractivity contribution in [3.63, 3.8) is 0 Å². The van der Waals surface area contributed by atoms with Gasteiger partial charge in [-0.05, 0) is 24.3 Å². The van der Waals surface area contributed by atoms with E-state index in [0.29, 0.717) is 11.5 Å². The molecule has 0 atom stereocenters. The van der Waals surface area contributed by atoms with Gasteiger partial charge in [-0.15, -0.1) is 0 Å². The quantitative estimate of drug-likeness (QED) is 0.656. The van der Waals surface area contributed by atoms with Crippen molar-refractivity contribution in [2.45, 2.75) is 6.92 Å². The summed E-state index contributed by atoms with van der Waals surface area (Å²) in [4.78, 5) is 10.9. The van der Waals surface area contributed by atoms with Crippen LogP contribution in [0.15, 0.2) is 42.7 Å². The van der Waals surface area contributed by atoms with Gasteiger partial charge in [0, 0.05) is 6.92 Å². The maximum atomic E-state index is 10.9. The van der Waals surface area contributed by atoms with Crippen LogP contribution in [0.5, 0.6) is 5.75 Å². The predicted molar refractivity (Wildman–Crippen MR) is 56.0 cm³/mol. The molecule has 1 aromatic rings. The van der Waals surface area contributed by atoms with Crippen LogP contribution < -0.4 is 4.74 Å². The average Bonchev–Trinajstić information content (AvgIpc) is 2.41. The van der Waals surface area contributed by atoms with E-state index in [1.54, 1.807) is 18.4 Å². The molecule has 1 aromatic carbocycles. The minimum absolute atomic E-state index is 0.341. The third-order valence-corrected chi connectivity index (χ3v) is 1.93. The van der Waals surface area contributed by atoms with Crippen LogP contribution in [0, 0.1) is 0 Å². The van der Waals surface area contributed by atoms with E-state index < -0.39 is 0 Å². The fraction of sp³-hybridized carbons (Fsp3) is 0.0833. The van der Waals surface area contributed by atoms with Crippen molar-refractivity contribution in [2.75, 3.05) is 0 Å². The van der Waals surface area contributed by atoms with Gasteiger partial charge in [-0.25, -0.2) is 0 Å². The Labute approximate surface area is 87.6 Å². The summed E-state index contributed by atoms with van der Waals surface area (Å²) in [5.41, 5.74) is 0.776. The Balaban J connectivity index is 2.43. The summed E-state index contributed by atoms with van der Waals surface area (Å²) in [7, 11) is 0. The Bertz CT molecular complexity index is 444. The van der Waals surface area contributed by atoms with Crippen LogP contribution in [0.25, 0.3) is 5.76 Å². The molecule has 1 aliphatic rings. The van der Waals surface area contributed by atoms with Gasteiger partial charge in [-0.1, -0.05) is 12.1 Å². The van der Waals surface area contributed by atoms with Gasteiger partial charge in [0.15, 0.2) is 0 Å². The summed E-state index contributed by atoms with van der Waals surface area (Å²) in [5, 5.41) is 0. The minimum atomic E-state index is -0.341. The summed E-state index contributed by atoms with van der Waals surface area (Å²) in [6, 6.07) is 7.40. The molecule has 0 spiro atoms. The Hall–Kier alpha value is -2.03. The number of carbonyl (C=O) groups is 1. The maximum absolute atomic E-state index is 10.9. The maximum Gasteiger partial charge on any atom is 0.308 e. The average molecular weight is 202 g/mol. The van der Waals surface area contributed by atoms with Gasteiger partial charge in [0.25, 0.3) is 0 Å². The van der Waals surface area contributed by atoms with Crippen molar-refractivity contribution in [1.82, 2.24) is 0 Å². The zero-order chi connectivity index (χ0) is 10.7. The lowest BCUT2D eigenvalue weighted by Gasteiger charge is -2.08. The van der Waals surface area contributed by atoms with E-state index in [-0.39, 0.29) is 5.97 Å². The van der Waals surface area contributed by atoms with Crippen LogP contribution in [0.1, 0.15) is 12.5 Å². The lowest BCUT2D eigenvalue weighted by Crippen LogP contribution is -1.98. The zero-order valence-electron chi connectivity index (χ0n) is 8.27. The first-order valence-corrected chi connectivity index (χ1v) is 4.58. The fourth-order valence-electron chi connectivity index (χ4n) is 1.35. The van der Waals surface area contributed by atoms with Crippen LogP contribution in [0.2, 0.25) is 0 Å². The molecular weight excluding hydrogens is 192 g/mol. The number of rotatable bonds is 1. The van der Waals surface area contributed by atoms with Crippen LogP contribution in [0.3, 0.4) is 0 Å². The van der Waals surface area contributed by atoms with Gasteiger partial charge in [-0.3, -0.25) is 4.79 Å². The number of ether oxygens (including phenoxy) is 2. The van der Waals surface area contributed by atoms with E-state index in [9.17, 15) is 4.79 Å². The summed E-state index contributed by atoms with van der Waals surface area (Å²) < 4.78 is 10.4. The van der Waals surface area contributed by atoms with Crippen molar-refractivity contribution in [1.29, 1.82) is 0 Å². The van der Waals surface area contributed by atoms with Crippen LogP contribution in [0.4, 0.5) is 0 Å². The van der Waals surface area contributed by atoms with Gasteiger partial charge in [0.2, 0.25) is 0 Å². The lowest BCUT2D eigenvalue weighted by molar-refractivity contribution is -0.134. The second kappa shape index (κ2) is 4.00. The Kier molecular flexibility index (Phi) is 2.54. The highest BCUT2D eigenvalue weighted by Crippen LogP contribution is 2.28. The Morgan fingerprint density at radius 3 is 2.93 bits per heavy atom. The molecule has 0 fully saturated rings. The van der Waals surface area contributed by atoms with Crippen molar-refractivity contribution in [2.24, 2.45) is 0 Å². The highest BCUT2D eigenvalue weighted by Gasteiger charge is 2.12. The summed E-state index contributed by atoms with van der Waals surface area (Å²) in [6.45, 7) is 1.37. The highest BCUT2D eigenvalue weighted by atomic mass is 16.5. The number of benzene rings is 1. The molecule has 0 saturated carbocycles. The Morgan fingerprint density at radius 2 is 2.13 bits per heavy atom. The molecule has 1 aliphatic heterocycles. The van der Waals surface area contributed by atoms with E-state index in [4.69, 9.17) is 9.47 Å². The molecule has 0 unspecified atom stereocenters. The van der Waals surface area contributed by atoms with Gasteiger partial charge in [0.05, 0.1) is 11.8 Å². The van der Waals surface area contributed by atoms with Gasteiger partial charge < -0.3 is 9.47 Å². The molecule has 76 valence electrons. The van der Waals surface area contributed by atoms with Gasteiger partial charge >= 0.3 is 5.97 Å². The standard InChI is InChI=1S/C12H10O3/c1-9(13)15-12-7-4-8-14-11-6-3-2-5-10(11)12/h2-8H,1H3. The number of esters is 1. The molecule has 0 aliphatic carbocycles. The first-order chi connectivity index (χ1) is 7.27. The third kappa shape index (κ3) is 2.07. The van der Waals surface area contributed by atoms with Gasteiger partial charge in [-0.2, -0.15) is 0 Å². The molecule has 1 heterocycles. The van der Waals surface area contributed by atoms with Crippen molar-refractivity contribution >= 4 is 11.7 Å². The van der Waals surface area contributed by atoms with Crippen molar-refractivity contribution in [3.8, 4) is 5.75 Å². The number of para-hydroxylation sites is 1. The van der Waals surface area contributed by atoms with E-state index in [1.165, 1.54) is 6.92 Å². The van der Waals surface area contributed by atoms with Gasteiger partial charge in [0.1, 0.15) is 11.5 Å². The fourth-order valence-corrected chi connectivity index (χ4v) is 1.35. The first kappa shape index (κ1) is 9.52. The van der Waals surface area contributed by atoms with E-state index in [1.807, 2.05) is 24.3 Å². The molecule has 2 rings (SSSR count). The number of hydrogen-bond donors (Lipinski definition) is 0. The van der Waals surface area contributed by atoms with Crippen molar-refractivity contribution < 1.29 is 14.3 Å². The predicted octanol–water partition coefficient (Wildman–Crippen LogP) is 2.50. The van der Waals surface area contributed by atoms with Crippen LogP contribution in [-0.2, 0) is 9.53 Å². The normalized spacial score (nSPS) is 13.3. The first-order valence-electron chi connectivity index (χ1n) is 4.58.